The number of aliphatic carboxylic acids is 1. The van der Waals surface area contributed by atoms with Gasteiger partial charge in [0.2, 0.25) is 27.6 Å². The molecule has 3 aliphatic heterocycles. The zero-order chi connectivity index (χ0) is 40.2. The number of sulfonamides is 1. The van der Waals surface area contributed by atoms with Crippen LogP contribution in [-0.4, -0.2) is 99.9 Å². The first-order valence-electron chi connectivity index (χ1n) is 18.8. The third kappa shape index (κ3) is 7.45. The van der Waals surface area contributed by atoms with Gasteiger partial charge in [-0.15, -0.1) is 10.2 Å². The number of fused-ring (bicyclic) bond motifs is 2. The van der Waals surface area contributed by atoms with Gasteiger partial charge >= 0.3 is 12.1 Å². The normalized spacial score (nSPS) is 19.4. The molecule has 1 spiro atoms. The van der Waals surface area contributed by atoms with E-state index in [0.717, 1.165) is 42.4 Å². The highest BCUT2D eigenvalue weighted by Gasteiger charge is 2.47. The van der Waals surface area contributed by atoms with E-state index < -0.39 is 44.9 Å². The van der Waals surface area contributed by atoms with Crippen LogP contribution in [-0.2, 0) is 32.3 Å². The lowest BCUT2D eigenvalue weighted by Gasteiger charge is -2.38. The predicted molar refractivity (Wildman–Crippen MR) is 198 cm³/mol. The largest absolute Gasteiger partial charge is 0.481 e. The van der Waals surface area contributed by atoms with Crippen LogP contribution < -0.4 is 9.47 Å². The monoisotopic (exact) mass is 800 g/mol. The predicted octanol–water partition coefficient (Wildman–Crippen LogP) is 5.92. The number of alkyl halides is 3. The Morgan fingerprint density at radius 1 is 1.04 bits per heavy atom. The Bertz CT molecular complexity index is 2250. The van der Waals surface area contributed by atoms with E-state index >= 15 is 0 Å². The summed E-state index contributed by atoms with van der Waals surface area (Å²) in [6, 6.07) is 8.39. The molecule has 0 aliphatic carbocycles. The van der Waals surface area contributed by atoms with Gasteiger partial charge in [0.15, 0.2) is 5.65 Å². The molecule has 0 radical (unpaired) electrons. The highest BCUT2D eigenvalue weighted by atomic mass is 32.2. The van der Waals surface area contributed by atoms with E-state index in [1.165, 1.54) is 16.6 Å². The third-order valence-corrected chi connectivity index (χ3v) is 13.3. The molecule has 1 N–H and O–H groups in total. The Kier molecular flexibility index (Phi) is 10.6. The minimum absolute atomic E-state index is 0.0111. The van der Waals surface area contributed by atoms with E-state index in [0.29, 0.717) is 66.4 Å². The molecular formula is C39H47F3N6O7S. The van der Waals surface area contributed by atoms with Crippen molar-refractivity contribution in [3.8, 4) is 11.8 Å². The summed E-state index contributed by atoms with van der Waals surface area (Å²) in [5, 5.41) is 17.7. The van der Waals surface area contributed by atoms with Crippen molar-refractivity contribution in [1.29, 1.82) is 0 Å². The average molecular weight is 801 g/mol. The molecule has 2 saturated heterocycles. The summed E-state index contributed by atoms with van der Waals surface area (Å²) in [5.74, 6) is -2.89. The number of nitrogens with zero attached hydrogens (tertiary/aromatic N) is 6. The molecular weight excluding hydrogens is 754 g/mol. The average Bonchev–Trinajstić information content (AvgIpc) is 3.81. The number of likely N-dealkylation sites (tertiary alicyclic amines) is 1. The Morgan fingerprint density at radius 2 is 1.75 bits per heavy atom. The van der Waals surface area contributed by atoms with Crippen LogP contribution in [0.4, 0.5) is 13.2 Å². The van der Waals surface area contributed by atoms with E-state index in [4.69, 9.17) is 14.2 Å². The molecule has 4 aromatic rings. The Balaban J connectivity index is 1.27. The standard InChI is InChI=1S/C39H47F3N6O7S/c1-24-8-9-27(31(37(4,5)36(49)50)29-10-15-48-32(26(29)3)44-45-35(48)39(40,41)42)21-28(24)22-47-23-38(11-17-53-18-12-38)55-34-30(56(47,51)52)20-25(2)33(43-34)54-19-16-46-13-6-7-14-46/h8-10,15,20-21,31H,6-7,11-14,16-19,22-23H2,1-5H3,(H,49,50). The lowest BCUT2D eigenvalue weighted by Crippen LogP contribution is -2.50. The molecule has 2 fully saturated rings. The second kappa shape index (κ2) is 14.9. The molecule has 0 saturated carbocycles. The quantitative estimate of drug-likeness (QED) is 0.204. The number of carboxylic acids is 1. The maximum atomic E-state index is 14.7. The second-order valence-electron chi connectivity index (χ2n) is 15.7. The molecule has 0 bridgehead atoms. The number of carboxylic acid groups (broad SMARTS) is 1. The lowest BCUT2D eigenvalue weighted by molar-refractivity contribution is -0.147. The number of aryl methyl sites for hydroxylation is 3. The summed E-state index contributed by atoms with van der Waals surface area (Å²) in [7, 11) is -4.21. The van der Waals surface area contributed by atoms with Crippen LogP contribution in [0.2, 0.25) is 0 Å². The first kappa shape index (κ1) is 39.9. The van der Waals surface area contributed by atoms with Crippen LogP contribution in [0.3, 0.4) is 0 Å². The van der Waals surface area contributed by atoms with E-state index in [9.17, 15) is 31.5 Å². The van der Waals surface area contributed by atoms with Crippen molar-refractivity contribution >= 4 is 21.6 Å². The van der Waals surface area contributed by atoms with Crippen molar-refractivity contribution in [2.75, 3.05) is 46.0 Å². The zero-order valence-corrected chi connectivity index (χ0v) is 33.0. The smallest absolute Gasteiger partial charge is 0.452 e. The lowest BCUT2D eigenvalue weighted by atomic mass is 9.70. The first-order valence-corrected chi connectivity index (χ1v) is 20.2. The first-order chi connectivity index (χ1) is 26.4. The fourth-order valence-corrected chi connectivity index (χ4v) is 9.73. The van der Waals surface area contributed by atoms with Crippen molar-refractivity contribution in [2.24, 2.45) is 5.41 Å². The molecule has 1 atom stereocenters. The number of rotatable bonds is 10. The molecule has 6 heterocycles. The summed E-state index contributed by atoms with van der Waals surface area (Å²) in [5.41, 5.74) is 0.814. The number of carbonyl (C=O) groups is 1. The summed E-state index contributed by atoms with van der Waals surface area (Å²) >= 11 is 0. The van der Waals surface area contributed by atoms with Gasteiger partial charge in [-0.3, -0.25) is 14.1 Å². The van der Waals surface area contributed by atoms with Gasteiger partial charge in [-0.05, 0) is 100 Å². The third-order valence-electron chi connectivity index (χ3n) is 11.5. The molecule has 1 aromatic carbocycles. The summed E-state index contributed by atoms with van der Waals surface area (Å²) in [4.78, 5) is 19.8. The van der Waals surface area contributed by atoms with Crippen LogP contribution in [0.25, 0.3) is 5.65 Å². The van der Waals surface area contributed by atoms with E-state index in [1.54, 1.807) is 52.0 Å². The minimum atomic E-state index is -4.75. The van der Waals surface area contributed by atoms with Crippen molar-refractivity contribution in [2.45, 2.75) is 89.4 Å². The zero-order valence-electron chi connectivity index (χ0n) is 32.1. The maximum Gasteiger partial charge on any atom is 0.452 e. The highest BCUT2D eigenvalue weighted by molar-refractivity contribution is 7.89. The number of aromatic nitrogens is 4. The Labute approximate surface area is 323 Å². The van der Waals surface area contributed by atoms with Gasteiger partial charge < -0.3 is 19.3 Å². The summed E-state index contributed by atoms with van der Waals surface area (Å²) in [6.07, 6.45) is -0.386. The van der Waals surface area contributed by atoms with Crippen LogP contribution in [0.5, 0.6) is 11.8 Å². The maximum absolute atomic E-state index is 14.7. The number of halogens is 3. The van der Waals surface area contributed by atoms with Crippen LogP contribution in [0.1, 0.15) is 84.7 Å². The van der Waals surface area contributed by atoms with Gasteiger partial charge in [0.1, 0.15) is 17.1 Å². The van der Waals surface area contributed by atoms with Crippen molar-refractivity contribution < 1.29 is 45.7 Å². The minimum Gasteiger partial charge on any atom is -0.481 e. The van der Waals surface area contributed by atoms with Gasteiger partial charge in [0.05, 0.1) is 25.2 Å². The van der Waals surface area contributed by atoms with Gasteiger partial charge in [-0.1, -0.05) is 18.2 Å². The van der Waals surface area contributed by atoms with Crippen LogP contribution >= 0.6 is 0 Å². The summed E-state index contributed by atoms with van der Waals surface area (Å²) < 4.78 is 91.2. The van der Waals surface area contributed by atoms with E-state index in [-0.39, 0.29) is 29.5 Å². The fourth-order valence-electron chi connectivity index (χ4n) is 8.11. The van der Waals surface area contributed by atoms with E-state index in [1.807, 2.05) is 6.92 Å². The molecule has 1 unspecified atom stereocenters. The number of ether oxygens (including phenoxy) is 3. The molecule has 7 rings (SSSR count). The Hall–Kier alpha value is -4.32. The molecule has 3 aliphatic rings. The number of hydrogen-bond acceptors (Lipinski definition) is 10. The number of pyridine rings is 2. The summed E-state index contributed by atoms with van der Waals surface area (Å²) in [6.45, 7) is 12.2. The van der Waals surface area contributed by atoms with Crippen molar-refractivity contribution in [1.82, 2.24) is 28.8 Å². The molecule has 302 valence electrons. The van der Waals surface area contributed by atoms with Gasteiger partial charge in [0, 0.05) is 43.6 Å². The molecule has 56 heavy (non-hydrogen) atoms. The Morgan fingerprint density at radius 3 is 2.43 bits per heavy atom. The second-order valence-corrected chi connectivity index (χ2v) is 17.6. The van der Waals surface area contributed by atoms with Crippen molar-refractivity contribution in [3.63, 3.8) is 0 Å². The number of benzene rings is 1. The molecule has 17 heteroatoms. The van der Waals surface area contributed by atoms with Gasteiger partial charge in [-0.2, -0.15) is 22.5 Å². The fraction of sp³-hybridized carbons (Fsp3) is 0.538. The molecule has 13 nitrogen and oxygen atoms in total. The topological polar surface area (TPSA) is 149 Å². The van der Waals surface area contributed by atoms with E-state index in [2.05, 4.69) is 20.1 Å². The number of hydrogen-bond donors (Lipinski definition) is 1. The molecule has 3 aromatic heterocycles. The van der Waals surface area contributed by atoms with Crippen molar-refractivity contribution in [3.05, 3.63) is 75.7 Å². The SMILES string of the molecule is Cc1ccc(C(c2ccn3c(C(F)(F)F)nnc3c2C)C(C)(C)C(=O)O)cc1CN1CC2(CCOCC2)Oc2nc(OCCN3CCCC3)c(C)cc2S1(=O)=O. The molecule has 0 amide bonds. The van der Waals surface area contributed by atoms with Gasteiger partial charge in [-0.25, -0.2) is 8.42 Å². The van der Waals surface area contributed by atoms with Crippen LogP contribution in [0.15, 0.2) is 41.4 Å². The van der Waals surface area contributed by atoms with Gasteiger partial charge in [0.25, 0.3) is 0 Å². The highest BCUT2D eigenvalue weighted by Crippen LogP contribution is 2.45. The van der Waals surface area contributed by atoms with Crippen LogP contribution in [0, 0.1) is 26.2 Å².